The van der Waals surface area contributed by atoms with Crippen LogP contribution >= 0.6 is 0 Å². The molecular weight excluding hydrogens is 579 g/mol. The van der Waals surface area contributed by atoms with Crippen LogP contribution in [0.1, 0.15) is 13.8 Å². The minimum absolute atomic E-state index is 0.00851. The maximum atomic E-state index is 16.2. The Balaban J connectivity index is 2.31. The highest BCUT2D eigenvalue weighted by Gasteiger charge is 2.31. The molecule has 0 amide bonds. The lowest BCUT2D eigenvalue weighted by Gasteiger charge is -2.22. The van der Waals surface area contributed by atoms with Crippen LogP contribution in [-0.2, 0) is 20.2 Å². The molecule has 3 rings (SSSR count). The van der Waals surface area contributed by atoms with E-state index in [1.165, 1.54) is 51.7 Å². The Labute approximate surface area is 239 Å². The highest BCUT2D eigenvalue weighted by atomic mass is 32.2. The summed E-state index contributed by atoms with van der Waals surface area (Å²) in [6.07, 6.45) is 3.61. The summed E-state index contributed by atoms with van der Waals surface area (Å²) in [5.41, 5.74) is 1.30. The van der Waals surface area contributed by atoms with Crippen LogP contribution in [0.25, 0.3) is 22.3 Å². The zero-order chi connectivity index (χ0) is 30.5. The lowest BCUT2D eigenvalue weighted by molar-refractivity contribution is 0.326. The lowest BCUT2D eigenvalue weighted by Crippen LogP contribution is -2.10. The first-order chi connectivity index (χ1) is 19.2. The first kappa shape index (κ1) is 31.6. The van der Waals surface area contributed by atoms with Crippen molar-refractivity contribution in [3.05, 3.63) is 59.9 Å². The van der Waals surface area contributed by atoms with E-state index in [1.54, 1.807) is 12.1 Å². The molecule has 0 bridgehead atoms. The molecule has 0 atom stereocenters. The summed E-state index contributed by atoms with van der Waals surface area (Å²) in [6.45, 7) is 4.15. The molecule has 0 aromatic heterocycles. The first-order valence-electron chi connectivity index (χ1n) is 12.0. The molecule has 0 aliphatic rings. The van der Waals surface area contributed by atoms with Crippen molar-refractivity contribution in [3.8, 4) is 56.8 Å². The van der Waals surface area contributed by atoms with Gasteiger partial charge in [0.2, 0.25) is 0 Å². The molecule has 10 nitrogen and oxygen atoms in total. The fourth-order valence-electron chi connectivity index (χ4n) is 3.88. The maximum absolute atomic E-state index is 16.2. The molecule has 0 radical (unpaired) electrons. The summed E-state index contributed by atoms with van der Waals surface area (Å²) in [6, 6.07) is 10.1. The number of halogens is 1. The van der Waals surface area contributed by atoms with E-state index in [0.717, 1.165) is 18.1 Å². The Morgan fingerprint density at radius 1 is 0.732 bits per heavy atom. The van der Waals surface area contributed by atoms with Gasteiger partial charge in [0.1, 0.15) is 12.4 Å². The Kier molecular flexibility index (Phi) is 9.77. The van der Waals surface area contributed by atoms with Crippen molar-refractivity contribution in [1.82, 2.24) is 0 Å². The van der Waals surface area contributed by atoms with Crippen LogP contribution in [0.3, 0.4) is 0 Å². The molecule has 0 unspecified atom stereocenters. The monoisotopic (exact) mass is 610 g/mol. The van der Waals surface area contributed by atoms with E-state index in [2.05, 4.69) is 0 Å². The van der Waals surface area contributed by atoms with Gasteiger partial charge in [0.05, 0.1) is 45.0 Å². The second kappa shape index (κ2) is 12.7. The van der Waals surface area contributed by atoms with Crippen LogP contribution in [0.4, 0.5) is 4.39 Å². The van der Waals surface area contributed by atoms with Crippen LogP contribution in [0.5, 0.6) is 34.5 Å². The second-order valence-corrected chi connectivity index (χ2v) is 12.2. The largest absolute Gasteiger partial charge is 0.493 e. The van der Waals surface area contributed by atoms with E-state index in [-0.39, 0.29) is 51.9 Å². The summed E-state index contributed by atoms with van der Waals surface area (Å²) < 4.78 is 96.4. The van der Waals surface area contributed by atoms with E-state index in [9.17, 15) is 16.8 Å². The van der Waals surface area contributed by atoms with Gasteiger partial charge >= 0.3 is 20.2 Å². The lowest BCUT2D eigenvalue weighted by atomic mass is 9.95. The summed E-state index contributed by atoms with van der Waals surface area (Å²) in [7, 11) is -4.07. The van der Waals surface area contributed by atoms with Gasteiger partial charge in [-0.25, -0.2) is 4.39 Å². The molecule has 13 heteroatoms. The molecule has 0 saturated heterocycles. The average molecular weight is 611 g/mol. The molecule has 3 aromatic carbocycles. The van der Waals surface area contributed by atoms with Gasteiger partial charge in [-0.05, 0) is 55.3 Å². The van der Waals surface area contributed by atoms with Gasteiger partial charge in [0, 0.05) is 0 Å². The number of rotatable bonds is 12. The van der Waals surface area contributed by atoms with Crippen LogP contribution in [-0.4, -0.2) is 57.3 Å². The van der Waals surface area contributed by atoms with Crippen LogP contribution < -0.4 is 27.3 Å². The molecule has 41 heavy (non-hydrogen) atoms. The zero-order valence-electron chi connectivity index (χ0n) is 23.6. The third kappa shape index (κ3) is 7.82. The molecule has 0 heterocycles. The maximum Gasteiger partial charge on any atom is 0.306 e. The molecule has 0 aliphatic carbocycles. The van der Waals surface area contributed by atoms with Crippen molar-refractivity contribution < 1.29 is 48.5 Å². The Hall–Kier alpha value is -3.97. The van der Waals surface area contributed by atoms with E-state index >= 15 is 4.39 Å². The van der Waals surface area contributed by atoms with Gasteiger partial charge in [-0.1, -0.05) is 23.8 Å². The van der Waals surface area contributed by atoms with Gasteiger partial charge in [-0.3, -0.25) is 0 Å². The van der Waals surface area contributed by atoms with Crippen LogP contribution in [0, 0.1) is 5.82 Å². The van der Waals surface area contributed by atoms with E-state index < -0.39 is 26.1 Å². The SMILES string of the molecule is COc1cc(-c2c(OC)c(F)c(-c3ccc(OS(C)(=O)=O)cc3)c(OC)c2OS(C)(=O)=O)ccc1OCC=C(C)C. The molecule has 0 N–H and O–H groups in total. The van der Waals surface area contributed by atoms with E-state index in [0.29, 0.717) is 11.5 Å². The van der Waals surface area contributed by atoms with Gasteiger partial charge in [-0.15, -0.1) is 0 Å². The number of hydrogen-bond donors (Lipinski definition) is 0. The van der Waals surface area contributed by atoms with Crippen molar-refractivity contribution in [2.24, 2.45) is 0 Å². The minimum atomic E-state index is -4.16. The molecule has 0 aliphatic heterocycles. The smallest absolute Gasteiger partial charge is 0.306 e. The predicted octanol–water partition coefficient (Wildman–Crippen LogP) is 5.21. The molecule has 3 aromatic rings. The Morgan fingerprint density at radius 2 is 1.32 bits per heavy atom. The first-order valence-corrected chi connectivity index (χ1v) is 15.6. The fourth-order valence-corrected chi connectivity index (χ4v) is 4.81. The number of hydrogen-bond acceptors (Lipinski definition) is 10. The van der Waals surface area contributed by atoms with E-state index in [4.69, 9.17) is 27.3 Å². The fraction of sp³-hybridized carbons (Fsp3) is 0.286. The molecule has 0 saturated carbocycles. The van der Waals surface area contributed by atoms with Gasteiger partial charge in [0.25, 0.3) is 0 Å². The Bertz CT molecular complexity index is 1660. The normalized spacial score (nSPS) is 11.4. The summed E-state index contributed by atoms with van der Waals surface area (Å²) in [5, 5.41) is 0. The average Bonchev–Trinajstić information content (AvgIpc) is 2.88. The zero-order valence-corrected chi connectivity index (χ0v) is 25.2. The molecule has 222 valence electrons. The molecule has 0 spiro atoms. The predicted molar refractivity (Wildman–Crippen MR) is 153 cm³/mol. The van der Waals surface area contributed by atoms with E-state index in [1.807, 2.05) is 19.9 Å². The number of benzene rings is 3. The van der Waals surface area contributed by atoms with Crippen molar-refractivity contribution in [2.75, 3.05) is 40.4 Å². The van der Waals surface area contributed by atoms with Crippen molar-refractivity contribution in [2.45, 2.75) is 13.8 Å². The molecule has 0 fully saturated rings. The quantitative estimate of drug-likeness (QED) is 0.199. The van der Waals surface area contributed by atoms with Gasteiger partial charge < -0.3 is 27.3 Å². The number of allylic oxidation sites excluding steroid dienone is 1. The van der Waals surface area contributed by atoms with Crippen molar-refractivity contribution in [1.29, 1.82) is 0 Å². The third-order valence-corrected chi connectivity index (χ3v) is 6.49. The second-order valence-electron chi connectivity index (χ2n) is 9.02. The summed E-state index contributed by atoms with van der Waals surface area (Å²) in [4.78, 5) is 0. The van der Waals surface area contributed by atoms with Crippen molar-refractivity contribution in [3.63, 3.8) is 0 Å². The number of ether oxygens (including phenoxy) is 4. The van der Waals surface area contributed by atoms with Crippen molar-refractivity contribution >= 4 is 20.2 Å². The summed E-state index contributed by atoms with van der Waals surface area (Å²) >= 11 is 0. The van der Waals surface area contributed by atoms with Gasteiger partial charge in [0.15, 0.2) is 34.6 Å². The standard InChI is InChI=1S/C28H31FO10S2/c1-17(2)14-15-37-21-13-10-19(16-22(21)34-3)24-26(35-4)25(29)23(27(36-5)28(24)39-41(7,32)33)18-8-11-20(12-9-18)38-40(6,30)31/h8-14,16H,15H2,1-7H3. The highest BCUT2D eigenvalue weighted by Crippen LogP contribution is 2.53. The molecular formula is C28H31FO10S2. The van der Waals surface area contributed by atoms with Crippen LogP contribution in [0.15, 0.2) is 54.1 Å². The Morgan fingerprint density at radius 3 is 1.83 bits per heavy atom. The third-order valence-electron chi connectivity index (χ3n) is 5.52. The highest BCUT2D eigenvalue weighted by molar-refractivity contribution is 7.86. The van der Waals surface area contributed by atoms with Gasteiger partial charge in [-0.2, -0.15) is 16.8 Å². The topological polar surface area (TPSA) is 124 Å². The van der Waals surface area contributed by atoms with Crippen LogP contribution in [0.2, 0.25) is 0 Å². The number of methoxy groups -OCH3 is 3. The summed E-state index contributed by atoms with van der Waals surface area (Å²) in [5.74, 6) is -1.12. The minimum Gasteiger partial charge on any atom is -0.493 e.